The Hall–Kier alpha value is -1.85. The van der Waals surface area contributed by atoms with Crippen LogP contribution in [0.5, 0.6) is 0 Å². The molecule has 2 aromatic rings. The molecule has 0 spiro atoms. The number of carbonyl (C=O) groups excluding carboxylic acids is 1. The monoisotopic (exact) mass is 320 g/mol. The topological polar surface area (TPSA) is 50.2 Å². The van der Waals surface area contributed by atoms with E-state index in [0.29, 0.717) is 19.6 Å². The van der Waals surface area contributed by atoms with Gasteiger partial charge in [0.15, 0.2) is 0 Å². The highest BCUT2D eigenvalue weighted by Gasteiger charge is 2.11. The molecule has 0 saturated carbocycles. The summed E-state index contributed by atoms with van der Waals surface area (Å²) >= 11 is 6.17. The Bertz CT molecular complexity index is 626. The molecule has 0 unspecified atom stereocenters. The fourth-order valence-corrected chi connectivity index (χ4v) is 2.37. The lowest BCUT2D eigenvalue weighted by molar-refractivity contribution is -0.122. The second-order valence-corrected chi connectivity index (χ2v) is 5.60. The van der Waals surface area contributed by atoms with Crippen LogP contribution < -0.4 is 5.32 Å². The van der Waals surface area contributed by atoms with Crippen molar-refractivity contribution in [2.24, 2.45) is 7.05 Å². The lowest BCUT2D eigenvalue weighted by Gasteiger charge is -2.20. The Morgan fingerprint density at radius 1 is 1.41 bits per heavy atom. The molecule has 0 atom stereocenters. The van der Waals surface area contributed by atoms with Gasteiger partial charge in [-0.1, -0.05) is 36.7 Å². The Balaban J connectivity index is 1.84. The lowest BCUT2D eigenvalue weighted by Crippen LogP contribution is -2.36. The number of hydrogen-bond acceptors (Lipinski definition) is 3. The Kier molecular flexibility index (Phi) is 5.98. The Morgan fingerprint density at radius 3 is 2.82 bits per heavy atom. The molecule has 0 aliphatic rings. The molecule has 1 N–H and O–H groups in total. The van der Waals surface area contributed by atoms with E-state index < -0.39 is 0 Å². The van der Waals surface area contributed by atoms with Gasteiger partial charge in [0.1, 0.15) is 0 Å². The van der Waals surface area contributed by atoms with Crippen molar-refractivity contribution < 1.29 is 4.79 Å². The molecule has 1 aromatic carbocycles. The van der Waals surface area contributed by atoms with Gasteiger partial charge < -0.3 is 5.32 Å². The van der Waals surface area contributed by atoms with Crippen LogP contribution in [0.1, 0.15) is 18.1 Å². The van der Waals surface area contributed by atoms with Gasteiger partial charge in [0.2, 0.25) is 5.91 Å². The van der Waals surface area contributed by atoms with E-state index in [2.05, 4.69) is 15.3 Å². The second kappa shape index (κ2) is 7.96. The first kappa shape index (κ1) is 16.5. The lowest BCUT2D eigenvalue weighted by atomic mass is 10.2. The molecule has 1 amide bonds. The number of aryl methyl sites for hydroxylation is 1. The van der Waals surface area contributed by atoms with Crippen molar-refractivity contribution in [2.45, 2.75) is 20.0 Å². The van der Waals surface area contributed by atoms with Gasteiger partial charge in [-0.15, -0.1) is 0 Å². The maximum atomic E-state index is 12.1. The van der Waals surface area contributed by atoms with Gasteiger partial charge in [-0.2, -0.15) is 5.10 Å². The first-order chi connectivity index (χ1) is 10.6. The van der Waals surface area contributed by atoms with Crippen molar-refractivity contribution in [1.82, 2.24) is 20.0 Å². The van der Waals surface area contributed by atoms with E-state index in [1.165, 1.54) is 0 Å². The average Bonchev–Trinajstić information content (AvgIpc) is 2.92. The van der Waals surface area contributed by atoms with Gasteiger partial charge in [-0.05, 0) is 18.2 Å². The fraction of sp³-hybridized carbons (Fsp3) is 0.375. The zero-order chi connectivity index (χ0) is 15.9. The molecule has 0 aliphatic heterocycles. The maximum absolute atomic E-state index is 12.1. The average molecular weight is 321 g/mol. The summed E-state index contributed by atoms with van der Waals surface area (Å²) in [5, 5.41) is 7.72. The van der Waals surface area contributed by atoms with Gasteiger partial charge in [-0.25, -0.2) is 0 Å². The molecule has 22 heavy (non-hydrogen) atoms. The minimum atomic E-state index is -0.00208. The number of hydrogen-bond donors (Lipinski definition) is 1. The minimum Gasteiger partial charge on any atom is -0.351 e. The predicted octanol–water partition coefficient (Wildman–Crippen LogP) is 2.21. The summed E-state index contributed by atoms with van der Waals surface area (Å²) in [5.41, 5.74) is 2.02. The van der Waals surface area contributed by atoms with E-state index in [0.717, 1.165) is 22.7 Å². The van der Waals surface area contributed by atoms with Crippen molar-refractivity contribution in [1.29, 1.82) is 0 Å². The third-order valence-electron chi connectivity index (χ3n) is 3.41. The number of carbonyl (C=O) groups is 1. The zero-order valence-corrected chi connectivity index (χ0v) is 13.7. The van der Waals surface area contributed by atoms with Gasteiger partial charge >= 0.3 is 0 Å². The summed E-state index contributed by atoms with van der Waals surface area (Å²) in [6.07, 6.45) is 3.64. The molecule has 0 saturated heterocycles. The van der Waals surface area contributed by atoms with Crippen LogP contribution in [0.4, 0.5) is 0 Å². The van der Waals surface area contributed by atoms with Crippen molar-refractivity contribution in [2.75, 3.05) is 13.1 Å². The van der Waals surface area contributed by atoms with Crippen LogP contribution in [-0.2, 0) is 24.9 Å². The molecule has 1 heterocycles. The molecule has 5 nitrogen and oxygen atoms in total. The quantitative estimate of drug-likeness (QED) is 0.851. The predicted molar refractivity (Wildman–Crippen MR) is 87.5 cm³/mol. The third-order valence-corrected chi connectivity index (χ3v) is 3.78. The molecular formula is C16H21ClN4O. The van der Waals surface area contributed by atoms with Gasteiger partial charge in [0.25, 0.3) is 0 Å². The Labute approximate surface area is 135 Å². The molecule has 1 aromatic heterocycles. The smallest absolute Gasteiger partial charge is 0.234 e. The summed E-state index contributed by atoms with van der Waals surface area (Å²) in [5.74, 6) is -0.00208. The first-order valence-electron chi connectivity index (χ1n) is 7.28. The highest BCUT2D eigenvalue weighted by molar-refractivity contribution is 6.31. The van der Waals surface area contributed by atoms with E-state index in [9.17, 15) is 4.79 Å². The molecule has 2 rings (SSSR count). The number of benzene rings is 1. The van der Waals surface area contributed by atoms with Crippen LogP contribution in [0.25, 0.3) is 0 Å². The molecule has 0 aliphatic carbocycles. The number of aromatic nitrogens is 2. The van der Waals surface area contributed by atoms with E-state index in [-0.39, 0.29) is 5.91 Å². The number of nitrogens with one attached hydrogen (secondary N) is 1. The molecule has 0 radical (unpaired) electrons. The van der Waals surface area contributed by atoms with Crippen LogP contribution in [0, 0.1) is 0 Å². The highest BCUT2D eigenvalue weighted by atomic mass is 35.5. The number of rotatable bonds is 7. The normalized spacial score (nSPS) is 10.9. The number of likely N-dealkylation sites (N-methyl/N-ethyl adjacent to an activating group) is 1. The summed E-state index contributed by atoms with van der Waals surface area (Å²) in [4.78, 5) is 14.1. The standard InChI is InChI=1S/C16H21ClN4O/c1-3-21(11-14-6-4-5-7-15(14)17)12-16(22)18-8-13-9-19-20(2)10-13/h4-7,9-10H,3,8,11-12H2,1-2H3,(H,18,22). The van der Waals surface area contributed by atoms with Crippen LogP contribution in [0.2, 0.25) is 5.02 Å². The molecule has 0 bridgehead atoms. The zero-order valence-electron chi connectivity index (χ0n) is 12.9. The van der Waals surface area contributed by atoms with Gasteiger partial charge in [0.05, 0.1) is 12.7 Å². The van der Waals surface area contributed by atoms with Crippen LogP contribution >= 0.6 is 11.6 Å². The largest absolute Gasteiger partial charge is 0.351 e. The van der Waals surface area contributed by atoms with E-state index >= 15 is 0 Å². The summed E-state index contributed by atoms with van der Waals surface area (Å²) in [6.45, 7) is 4.32. The molecule has 0 fully saturated rings. The maximum Gasteiger partial charge on any atom is 0.234 e. The van der Waals surface area contributed by atoms with Crippen molar-refractivity contribution >= 4 is 17.5 Å². The SMILES string of the molecule is CCN(CC(=O)NCc1cnn(C)c1)Cc1ccccc1Cl. The number of amides is 1. The highest BCUT2D eigenvalue weighted by Crippen LogP contribution is 2.16. The number of halogens is 1. The van der Waals surface area contributed by atoms with Crippen molar-refractivity contribution in [3.8, 4) is 0 Å². The summed E-state index contributed by atoms with van der Waals surface area (Å²) < 4.78 is 1.72. The van der Waals surface area contributed by atoms with Crippen LogP contribution in [0.3, 0.4) is 0 Å². The minimum absolute atomic E-state index is 0.00208. The third kappa shape index (κ3) is 4.86. The van der Waals surface area contributed by atoms with Crippen molar-refractivity contribution in [3.63, 3.8) is 0 Å². The van der Waals surface area contributed by atoms with E-state index in [1.807, 2.05) is 44.4 Å². The number of nitrogens with zero attached hydrogens (tertiary/aromatic N) is 3. The summed E-state index contributed by atoms with van der Waals surface area (Å²) in [6, 6.07) is 7.71. The van der Waals surface area contributed by atoms with E-state index in [4.69, 9.17) is 11.6 Å². The van der Waals surface area contributed by atoms with E-state index in [1.54, 1.807) is 10.9 Å². The van der Waals surface area contributed by atoms with Crippen LogP contribution in [0.15, 0.2) is 36.7 Å². The molecule has 6 heteroatoms. The molecular weight excluding hydrogens is 300 g/mol. The second-order valence-electron chi connectivity index (χ2n) is 5.19. The van der Waals surface area contributed by atoms with Crippen LogP contribution in [-0.4, -0.2) is 33.7 Å². The van der Waals surface area contributed by atoms with Gasteiger partial charge in [0, 0.05) is 36.9 Å². The fourth-order valence-electron chi connectivity index (χ4n) is 2.17. The summed E-state index contributed by atoms with van der Waals surface area (Å²) in [7, 11) is 1.85. The first-order valence-corrected chi connectivity index (χ1v) is 7.66. The Morgan fingerprint density at radius 2 is 2.18 bits per heavy atom. The van der Waals surface area contributed by atoms with Crippen molar-refractivity contribution in [3.05, 3.63) is 52.8 Å². The van der Waals surface area contributed by atoms with Gasteiger partial charge in [-0.3, -0.25) is 14.4 Å². The molecule has 118 valence electrons.